The van der Waals surface area contributed by atoms with E-state index in [4.69, 9.17) is 0 Å². The van der Waals surface area contributed by atoms with Crippen LogP contribution >= 0.6 is 8.19 Å². The second kappa shape index (κ2) is 3.79. The number of hydrogen-bond acceptors (Lipinski definition) is 0. The van der Waals surface area contributed by atoms with Crippen LogP contribution in [-0.2, 0) is 6.42 Å². The van der Waals surface area contributed by atoms with Crippen LogP contribution in [0.15, 0.2) is 17.7 Å². The van der Waals surface area contributed by atoms with E-state index in [1.54, 1.807) is 10.6 Å². The Hall–Kier alpha value is -0.740. The summed E-state index contributed by atoms with van der Waals surface area (Å²) in [5.74, 6) is 0. The molecule has 1 aliphatic carbocycles. The quantitative estimate of drug-likeness (QED) is 0.665. The van der Waals surface area contributed by atoms with E-state index in [-0.39, 0.29) is 0 Å². The molecule has 0 aromatic carbocycles. The van der Waals surface area contributed by atoms with Crippen molar-refractivity contribution in [2.24, 2.45) is 0 Å². The molecule has 74 valence electrons. The molecular formula is C13H17P. The molecule has 1 heterocycles. The molecule has 1 aromatic rings. The highest BCUT2D eigenvalue weighted by Gasteiger charge is 2.18. The van der Waals surface area contributed by atoms with Crippen LogP contribution in [-0.4, -0.2) is 0 Å². The summed E-state index contributed by atoms with van der Waals surface area (Å²) in [7, 11) is 0.935. The Morgan fingerprint density at radius 2 is 2.07 bits per heavy atom. The summed E-state index contributed by atoms with van der Waals surface area (Å²) < 4.78 is 0. The molecule has 0 N–H and O–H groups in total. The van der Waals surface area contributed by atoms with Gasteiger partial charge < -0.3 is 0 Å². The van der Waals surface area contributed by atoms with Gasteiger partial charge in [0.1, 0.15) is 0 Å². The van der Waals surface area contributed by atoms with Gasteiger partial charge in [0.05, 0.1) is 0 Å². The fraction of sp³-hybridized carbons (Fsp3) is 0.385. The number of allylic oxidation sites excluding steroid dienone is 3. The molecule has 14 heavy (non-hydrogen) atoms. The maximum absolute atomic E-state index is 2.41. The number of aryl methyl sites for hydroxylation is 1. The maximum atomic E-state index is 2.41. The smallest absolute Gasteiger partial charge is 0.000661 e. The summed E-state index contributed by atoms with van der Waals surface area (Å²) >= 11 is 0. The van der Waals surface area contributed by atoms with Gasteiger partial charge in [-0.2, -0.15) is 0 Å². The SMILES string of the molecule is C/C=C1\C(CC)=Cc2[pH]c(CC)cc21. The van der Waals surface area contributed by atoms with Crippen molar-refractivity contribution in [3.63, 3.8) is 0 Å². The molecule has 2 rings (SSSR count). The third-order valence-corrected chi connectivity index (χ3v) is 4.41. The van der Waals surface area contributed by atoms with Crippen molar-refractivity contribution in [3.8, 4) is 0 Å². The fourth-order valence-corrected chi connectivity index (χ4v) is 3.44. The molecule has 1 aromatic heterocycles. The van der Waals surface area contributed by atoms with E-state index in [0.717, 1.165) is 14.6 Å². The first-order valence-electron chi connectivity index (χ1n) is 5.39. The Morgan fingerprint density at radius 1 is 1.29 bits per heavy atom. The molecule has 1 unspecified atom stereocenters. The Bertz CT molecular complexity index is 405. The summed E-state index contributed by atoms with van der Waals surface area (Å²) in [6.45, 7) is 6.64. The average molecular weight is 204 g/mol. The van der Waals surface area contributed by atoms with Crippen molar-refractivity contribution >= 4 is 19.8 Å². The zero-order chi connectivity index (χ0) is 10.1. The van der Waals surface area contributed by atoms with Gasteiger partial charge in [-0.25, -0.2) is 0 Å². The minimum absolute atomic E-state index is 0.935. The van der Waals surface area contributed by atoms with Crippen LogP contribution in [0, 0.1) is 0 Å². The van der Waals surface area contributed by atoms with Gasteiger partial charge in [0.25, 0.3) is 0 Å². The molecule has 0 amide bonds. The van der Waals surface area contributed by atoms with Crippen LogP contribution in [0.1, 0.15) is 43.3 Å². The molecule has 0 fully saturated rings. The van der Waals surface area contributed by atoms with Crippen LogP contribution in [0.2, 0.25) is 0 Å². The lowest BCUT2D eigenvalue weighted by atomic mass is 10.0. The topological polar surface area (TPSA) is 0 Å². The van der Waals surface area contributed by atoms with Crippen molar-refractivity contribution < 1.29 is 0 Å². The zero-order valence-electron chi connectivity index (χ0n) is 9.15. The van der Waals surface area contributed by atoms with Crippen LogP contribution in [0.3, 0.4) is 0 Å². The second-order valence-electron chi connectivity index (χ2n) is 3.70. The number of rotatable bonds is 2. The summed E-state index contributed by atoms with van der Waals surface area (Å²) in [6, 6.07) is 2.41. The van der Waals surface area contributed by atoms with Crippen LogP contribution in [0.4, 0.5) is 0 Å². The monoisotopic (exact) mass is 204 g/mol. The summed E-state index contributed by atoms with van der Waals surface area (Å²) in [5, 5.41) is 3.19. The third kappa shape index (κ3) is 1.38. The van der Waals surface area contributed by atoms with Gasteiger partial charge in [-0.15, -0.1) is 8.19 Å². The van der Waals surface area contributed by atoms with Gasteiger partial charge in [0.15, 0.2) is 0 Å². The average Bonchev–Trinajstić information content (AvgIpc) is 2.72. The lowest BCUT2D eigenvalue weighted by Crippen LogP contribution is -1.80. The van der Waals surface area contributed by atoms with E-state index in [9.17, 15) is 0 Å². The predicted octanol–water partition coefficient (Wildman–Crippen LogP) is 4.49. The third-order valence-electron chi connectivity index (χ3n) is 2.91. The molecule has 0 radical (unpaired) electrons. The van der Waals surface area contributed by atoms with Crippen LogP contribution in [0.5, 0.6) is 0 Å². The Balaban J connectivity index is 2.49. The van der Waals surface area contributed by atoms with Gasteiger partial charge in [-0.05, 0) is 59.2 Å². The molecular weight excluding hydrogens is 187 g/mol. The van der Waals surface area contributed by atoms with Gasteiger partial charge >= 0.3 is 0 Å². The normalized spacial score (nSPS) is 17.9. The molecule has 1 aliphatic rings. The maximum Gasteiger partial charge on any atom is -0.000661 e. The largest absolute Gasteiger partial charge is 0.128 e. The van der Waals surface area contributed by atoms with Crippen molar-refractivity contribution in [2.75, 3.05) is 0 Å². The fourth-order valence-electron chi connectivity index (χ4n) is 2.11. The van der Waals surface area contributed by atoms with Crippen LogP contribution in [0.25, 0.3) is 11.6 Å². The molecule has 1 heteroatoms. The van der Waals surface area contributed by atoms with Crippen LogP contribution < -0.4 is 0 Å². The Kier molecular flexibility index (Phi) is 2.65. The van der Waals surface area contributed by atoms with E-state index in [1.807, 2.05) is 0 Å². The Labute approximate surface area is 87.8 Å². The van der Waals surface area contributed by atoms with Crippen molar-refractivity contribution in [2.45, 2.75) is 33.6 Å². The van der Waals surface area contributed by atoms with Gasteiger partial charge in [0, 0.05) is 0 Å². The summed E-state index contributed by atoms with van der Waals surface area (Å²) in [5.41, 5.74) is 4.52. The van der Waals surface area contributed by atoms with Crippen molar-refractivity contribution in [3.05, 3.63) is 33.9 Å². The summed E-state index contributed by atoms with van der Waals surface area (Å²) in [6.07, 6.45) is 7.03. The van der Waals surface area contributed by atoms with Gasteiger partial charge in [-0.3, -0.25) is 0 Å². The lowest BCUT2D eigenvalue weighted by molar-refractivity contribution is 1.17. The highest BCUT2D eigenvalue weighted by atomic mass is 31.0. The standard InChI is InChI=1S/C13H17P/c1-4-9-7-13-12(11(9)6-3)8-10(5-2)14-13/h6-8,14H,4-5H2,1-3H3/b11-6+. The van der Waals surface area contributed by atoms with E-state index in [1.165, 1.54) is 23.1 Å². The molecule has 0 spiro atoms. The molecule has 0 nitrogen and oxygen atoms in total. The number of hydrogen-bond donors (Lipinski definition) is 0. The van der Waals surface area contributed by atoms with E-state index in [0.29, 0.717) is 0 Å². The molecule has 0 bridgehead atoms. The lowest BCUT2D eigenvalue weighted by Gasteiger charge is -2.01. The number of fused-ring (bicyclic) bond motifs is 1. The van der Waals surface area contributed by atoms with Gasteiger partial charge in [-0.1, -0.05) is 19.9 Å². The molecule has 1 atom stereocenters. The van der Waals surface area contributed by atoms with E-state index >= 15 is 0 Å². The first-order valence-corrected chi connectivity index (χ1v) is 6.39. The highest BCUT2D eigenvalue weighted by Crippen LogP contribution is 2.43. The second-order valence-corrected chi connectivity index (χ2v) is 5.13. The van der Waals surface area contributed by atoms with Crippen molar-refractivity contribution in [1.82, 2.24) is 0 Å². The zero-order valence-corrected chi connectivity index (χ0v) is 10.1. The summed E-state index contributed by atoms with van der Waals surface area (Å²) in [4.78, 5) is 0. The Morgan fingerprint density at radius 3 is 2.64 bits per heavy atom. The molecule has 0 saturated heterocycles. The van der Waals surface area contributed by atoms with E-state index < -0.39 is 0 Å². The minimum atomic E-state index is 0.935. The van der Waals surface area contributed by atoms with E-state index in [2.05, 4.69) is 39.0 Å². The highest BCUT2D eigenvalue weighted by molar-refractivity contribution is 7.33. The molecule has 0 saturated carbocycles. The molecule has 0 aliphatic heterocycles. The predicted molar refractivity (Wildman–Crippen MR) is 67.2 cm³/mol. The first kappa shape index (κ1) is 9.80. The minimum Gasteiger partial charge on any atom is -0.128 e. The van der Waals surface area contributed by atoms with Gasteiger partial charge in [0.2, 0.25) is 0 Å². The first-order chi connectivity index (χ1) is 6.80. The van der Waals surface area contributed by atoms with Crippen molar-refractivity contribution in [1.29, 1.82) is 0 Å².